The summed E-state index contributed by atoms with van der Waals surface area (Å²) in [6, 6.07) is 3.68. The number of ether oxygens (including phenoxy) is 2. The van der Waals surface area contributed by atoms with Crippen LogP contribution in [0.2, 0.25) is 0 Å². The quantitative estimate of drug-likeness (QED) is 0.845. The number of carboxylic acids is 1. The largest absolute Gasteiger partial charge is 0.495 e. The number of hydrogen-bond acceptors (Lipinski definition) is 4. The van der Waals surface area contributed by atoms with Crippen LogP contribution in [0.5, 0.6) is 11.5 Å². The molecular formula is C15H20O4S. The van der Waals surface area contributed by atoms with Crippen molar-refractivity contribution in [3.8, 4) is 11.5 Å². The van der Waals surface area contributed by atoms with Crippen molar-refractivity contribution in [2.75, 3.05) is 20.5 Å². The minimum atomic E-state index is -0.817. The Balaban J connectivity index is 2.64. The zero-order valence-corrected chi connectivity index (χ0v) is 12.9. The van der Waals surface area contributed by atoms with E-state index in [0.717, 1.165) is 29.1 Å². The molecule has 0 heterocycles. The molecule has 0 amide bonds. The summed E-state index contributed by atoms with van der Waals surface area (Å²) in [5.74, 6) is 0.600. The first-order chi connectivity index (χ1) is 9.60. The normalized spacial score (nSPS) is 16.9. The second-order valence-electron chi connectivity index (χ2n) is 4.98. The van der Waals surface area contributed by atoms with Crippen molar-refractivity contribution in [3.05, 3.63) is 17.7 Å². The number of carboxylic acid groups (broad SMARTS) is 1. The summed E-state index contributed by atoms with van der Waals surface area (Å²) in [7, 11) is 3.19. The van der Waals surface area contributed by atoms with Crippen molar-refractivity contribution in [2.24, 2.45) is 0 Å². The van der Waals surface area contributed by atoms with Gasteiger partial charge in [-0.1, -0.05) is 18.9 Å². The molecule has 1 aliphatic carbocycles. The molecule has 0 radical (unpaired) electrons. The highest BCUT2D eigenvalue weighted by molar-refractivity contribution is 7.98. The number of thioether (sulfide) groups is 1. The van der Waals surface area contributed by atoms with Crippen molar-refractivity contribution in [1.82, 2.24) is 0 Å². The first kappa shape index (κ1) is 15.0. The van der Waals surface area contributed by atoms with Gasteiger partial charge >= 0.3 is 5.97 Å². The van der Waals surface area contributed by atoms with Gasteiger partial charge in [0.25, 0.3) is 0 Å². The predicted octanol–water partition coefficient (Wildman–Crippen LogP) is 3.32. The summed E-state index contributed by atoms with van der Waals surface area (Å²) in [5.41, 5.74) is -0.0441. The maximum Gasteiger partial charge on any atom is 0.314 e. The van der Waals surface area contributed by atoms with E-state index in [1.54, 1.807) is 14.2 Å². The van der Waals surface area contributed by atoms with Gasteiger partial charge in [-0.3, -0.25) is 4.79 Å². The van der Waals surface area contributed by atoms with E-state index >= 15 is 0 Å². The van der Waals surface area contributed by atoms with Gasteiger partial charge in [0.2, 0.25) is 0 Å². The fourth-order valence-corrected chi connectivity index (χ4v) is 3.79. The second-order valence-corrected chi connectivity index (χ2v) is 5.79. The van der Waals surface area contributed by atoms with E-state index in [4.69, 9.17) is 9.47 Å². The lowest BCUT2D eigenvalue weighted by Gasteiger charge is -2.28. The maximum absolute atomic E-state index is 11.9. The van der Waals surface area contributed by atoms with E-state index in [-0.39, 0.29) is 0 Å². The number of methoxy groups -OCH3 is 2. The van der Waals surface area contributed by atoms with Gasteiger partial charge < -0.3 is 14.6 Å². The smallest absolute Gasteiger partial charge is 0.314 e. The minimum Gasteiger partial charge on any atom is -0.495 e. The highest BCUT2D eigenvalue weighted by Gasteiger charge is 2.45. The molecule has 1 N–H and O–H groups in total. The summed E-state index contributed by atoms with van der Waals surface area (Å²) >= 11 is 1.51. The lowest BCUT2D eigenvalue weighted by Crippen LogP contribution is -2.33. The van der Waals surface area contributed by atoms with E-state index in [1.165, 1.54) is 11.8 Å². The summed E-state index contributed by atoms with van der Waals surface area (Å²) in [6.45, 7) is 0. The fraction of sp³-hybridized carbons (Fsp3) is 0.533. The lowest BCUT2D eigenvalue weighted by atomic mass is 9.78. The monoisotopic (exact) mass is 296 g/mol. The Hall–Kier alpha value is -1.36. The number of carbonyl (C=O) groups is 1. The summed E-state index contributed by atoms with van der Waals surface area (Å²) in [6.07, 6.45) is 5.15. The molecule has 0 spiro atoms. The van der Waals surface area contributed by atoms with Crippen molar-refractivity contribution >= 4 is 17.7 Å². The number of rotatable bonds is 5. The summed E-state index contributed by atoms with van der Waals surface area (Å²) in [4.78, 5) is 12.7. The zero-order valence-electron chi connectivity index (χ0n) is 12.1. The first-order valence-corrected chi connectivity index (χ1v) is 7.86. The minimum absolute atomic E-state index is 0.640. The molecule has 0 atom stereocenters. The molecule has 1 aliphatic rings. The molecule has 0 bridgehead atoms. The molecule has 20 heavy (non-hydrogen) atoms. The molecular weight excluding hydrogens is 276 g/mol. The van der Waals surface area contributed by atoms with Gasteiger partial charge in [0, 0.05) is 5.56 Å². The lowest BCUT2D eigenvalue weighted by molar-refractivity contribution is -0.143. The fourth-order valence-electron chi connectivity index (χ4n) is 3.06. The van der Waals surface area contributed by atoms with Crippen LogP contribution in [0.25, 0.3) is 0 Å². The molecule has 1 fully saturated rings. The predicted molar refractivity (Wildman–Crippen MR) is 79.1 cm³/mol. The van der Waals surface area contributed by atoms with Gasteiger partial charge in [0.05, 0.1) is 24.5 Å². The topological polar surface area (TPSA) is 55.8 Å². The summed E-state index contributed by atoms with van der Waals surface area (Å²) < 4.78 is 10.9. The van der Waals surface area contributed by atoms with Crippen LogP contribution in [0.3, 0.4) is 0 Å². The van der Waals surface area contributed by atoms with Crippen LogP contribution in [0, 0.1) is 0 Å². The Kier molecular flexibility index (Phi) is 4.48. The Morgan fingerprint density at radius 2 is 1.90 bits per heavy atom. The van der Waals surface area contributed by atoms with Crippen LogP contribution in [-0.4, -0.2) is 31.6 Å². The zero-order chi connectivity index (χ0) is 14.8. The average Bonchev–Trinajstić information content (AvgIpc) is 2.96. The molecule has 0 saturated heterocycles. The SMILES string of the molecule is COc1ccc(C2(C(=O)O)CCCC2)c(OC)c1SC. The number of aliphatic carboxylic acids is 1. The van der Waals surface area contributed by atoms with Gasteiger partial charge in [-0.05, 0) is 25.2 Å². The van der Waals surface area contributed by atoms with Crippen molar-refractivity contribution in [2.45, 2.75) is 36.0 Å². The number of hydrogen-bond donors (Lipinski definition) is 1. The van der Waals surface area contributed by atoms with Gasteiger partial charge in [0.15, 0.2) is 0 Å². The first-order valence-electron chi connectivity index (χ1n) is 6.63. The third-order valence-electron chi connectivity index (χ3n) is 4.09. The molecule has 0 unspecified atom stereocenters. The van der Waals surface area contributed by atoms with Crippen molar-refractivity contribution in [3.63, 3.8) is 0 Å². The van der Waals surface area contributed by atoms with Crippen LogP contribution in [-0.2, 0) is 10.2 Å². The van der Waals surface area contributed by atoms with E-state index in [9.17, 15) is 9.90 Å². The third kappa shape index (κ3) is 2.24. The van der Waals surface area contributed by atoms with Crippen LogP contribution in [0.4, 0.5) is 0 Å². The van der Waals surface area contributed by atoms with E-state index in [1.807, 2.05) is 18.4 Å². The van der Waals surface area contributed by atoms with Gasteiger partial charge in [-0.2, -0.15) is 0 Å². The molecule has 1 saturated carbocycles. The molecule has 5 heteroatoms. The molecule has 0 aromatic heterocycles. The molecule has 2 rings (SSSR count). The van der Waals surface area contributed by atoms with E-state index in [0.29, 0.717) is 18.6 Å². The number of benzene rings is 1. The Morgan fingerprint density at radius 1 is 1.25 bits per heavy atom. The van der Waals surface area contributed by atoms with Crippen LogP contribution >= 0.6 is 11.8 Å². The standard InChI is InChI=1S/C15H20O4S/c1-18-11-7-6-10(12(19-2)13(11)20-3)15(14(16)17)8-4-5-9-15/h6-7H,4-5,8-9H2,1-3H3,(H,16,17). The van der Waals surface area contributed by atoms with Crippen LogP contribution < -0.4 is 9.47 Å². The molecule has 0 aliphatic heterocycles. The Labute approximate surface area is 123 Å². The van der Waals surface area contributed by atoms with Crippen molar-refractivity contribution in [1.29, 1.82) is 0 Å². The average molecular weight is 296 g/mol. The Morgan fingerprint density at radius 3 is 2.35 bits per heavy atom. The highest BCUT2D eigenvalue weighted by atomic mass is 32.2. The van der Waals surface area contributed by atoms with E-state index < -0.39 is 11.4 Å². The molecule has 4 nitrogen and oxygen atoms in total. The molecule has 1 aromatic carbocycles. The molecule has 1 aromatic rings. The van der Waals surface area contributed by atoms with Crippen LogP contribution in [0.15, 0.2) is 17.0 Å². The summed E-state index contributed by atoms with van der Waals surface area (Å²) in [5, 5.41) is 9.73. The van der Waals surface area contributed by atoms with E-state index in [2.05, 4.69) is 0 Å². The molecule has 110 valence electrons. The van der Waals surface area contributed by atoms with Gasteiger partial charge in [-0.15, -0.1) is 11.8 Å². The maximum atomic E-state index is 11.9. The van der Waals surface area contributed by atoms with Gasteiger partial charge in [0.1, 0.15) is 11.5 Å². The second kappa shape index (κ2) is 5.95. The van der Waals surface area contributed by atoms with Gasteiger partial charge in [-0.25, -0.2) is 0 Å². The Bertz CT molecular complexity index is 507. The van der Waals surface area contributed by atoms with Crippen LogP contribution in [0.1, 0.15) is 31.2 Å². The highest BCUT2D eigenvalue weighted by Crippen LogP contribution is 2.49. The van der Waals surface area contributed by atoms with Crippen molar-refractivity contribution < 1.29 is 19.4 Å². The third-order valence-corrected chi connectivity index (χ3v) is 4.88.